The van der Waals surface area contributed by atoms with Crippen molar-refractivity contribution in [1.82, 2.24) is 4.90 Å². The Kier molecular flexibility index (Phi) is 4.46. The van der Waals surface area contributed by atoms with Crippen LogP contribution in [0.5, 0.6) is 0 Å². The van der Waals surface area contributed by atoms with E-state index in [-0.39, 0.29) is 5.91 Å². The minimum absolute atomic E-state index is 0.0712. The number of hydrogen-bond acceptors (Lipinski definition) is 2. The van der Waals surface area contributed by atoms with Crippen LogP contribution in [-0.2, 0) is 4.79 Å². The van der Waals surface area contributed by atoms with E-state index in [4.69, 9.17) is 5.11 Å². The normalized spacial score (nSPS) is 10.5. The van der Waals surface area contributed by atoms with Gasteiger partial charge in [-0.05, 0) is 30.7 Å². The van der Waals surface area contributed by atoms with Crippen molar-refractivity contribution in [3.8, 4) is 0 Å². The van der Waals surface area contributed by atoms with E-state index < -0.39 is 5.97 Å². The number of benzene rings is 1. The Morgan fingerprint density at radius 1 is 1.41 bits per heavy atom. The summed E-state index contributed by atoms with van der Waals surface area (Å²) in [5.41, 5.74) is 1.25. The van der Waals surface area contributed by atoms with Crippen molar-refractivity contribution in [3.63, 3.8) is 0 Å². The molecule has 0 aromatic heterocycles. The lowest BCUT2D eigenvalue weighted by Crippen LogP contribution is -2.26. The molecule has 0 unspecified atom stereocenters. The Morgan fingerprint density at radius 3 is 2.71 bits per heavy atom. The summed E-state index contributed by atoms with van der Waals surface area (Å²) in [4.78, 5) is 23.8. The SMILES string of the molecule is CCN(C)C(=O)c1cccc(/C=C/C(=O)O)c1. The Balaban J connectivity index is 2.93. The molecule has 17 heavy (non-hydrogen) atoms. The number of amides is 1. The molecular weight excluding hydrogens is 218 g/mol. The minimum atomic E-state index is -1.01. The van der Waals surface area contributed by atoms with E-state index in [2.05, 4.69) is 0 Å². The summed E-state index contributed by atoms with van der Waals surface area (Å²) >= 11 is 0. The fraction of sp³-hybridized carbons (Fsp3) is 0.231. The number of nitrogens with zero attached hydrogens (tertiary/aromatic N) is 1. The molecule has 4 nitrogen and oxygen atoms in total. The maximum Gasteiger partial charge on any atom is 0.328 e. The van der Waals surface area contributed by atoms with Crippen LogP contribution in [0.3, 0.4) is 0 Å². The molecule has 0 aliphatic carbocycles. The molecule has 90 valence electrons. The van der Waals surface area contributed by atoms with Crippen LogP contribution in [0, 0.1) is 0 Å². The van der Waals surface area contributed by atoms with Crippen molar-refractivity contribution in [2.24, 2.45) is 0 Å². The highest BCUT2D eigenvalue weighted by molar-refractivity contribution is 5.95. The van der Waals surface area contributed by atoms with Gasteiger partial charge in [0.2, 0.25) is 0 Å². The van der Waals surface area contributed by atoms with Crippen LogP contribution in [0.1, 0.15) is 22.8 Å². The number of carboxylic acids is 1. The molecular formula is C13H15NO3. The van der Waals surface area contributed by atoms with Crippen molar-refractivity contribution in [2.75, 3.05) is 13.6 Å². The number of aliphatic carboxylic acids is 1. The standard InChI is InChI=1S/C13H15NO3/c1-3-14(2)13(17)11-6-4-5-10(9-11)7-8-12(15)16/h4-9H,3H2,1-2H3,(H,15,16)/b8-7+. The van der Waals surface area contributed by atoms with Crippen LogP contribution in [0.15, 0.2) is 30.3 Å². The molecule has 0 bridgehead atoms. The molecule has 0 saturated carbocycles. The number of carboxylic acid groups (broad SMARTS) is 1. The third kappa shape index (κ3) is 3.75. The lowest BCUT2D eigenvalue weighted by Gasteiger charge is -2.14. The first-order chi connectivity index (χ1) is 8.04. The van der Waals surface area contributed by atoms with Gasteiger partial charge in [0.1, 0.15) is 0 Å². The van der Waals surface area contributed by atoms with Gasteiger partial charge in [0, 0.05) is 25.2 Å². The summed E-state index contributed by atoms with van der Waals surface area (Å²) < 4.78 is 0. The fourth-order valence-corrected chi connectivity index (χ4v) is 1.31. The highest BCUT2D eigenvalue weighted by atomic mass is 16.4. The van der Waals surface area contributed by atoms with Gasteiger partial charge in [-0.15, -0.1) is 0 Å². The molecule has 0 spiro atoms. The second-order valence-corrected chi connectivity index (χ2v) is 3.62. The first-order valence-corrected chi connectivity index (χ1v) is 5.31. The van der Waals surface area contributed by atoms with E-state index in [1.165, 1.54) is 6.08 Å². The summed E-state index contributed by atoms with van der Waals surface area (Å²) in [7, 11) is 1.72. The predicted octanol–water partition coefficient (Wildman–Crippen LogP) is 1.88. The number of hydrogen-bond donors (Lipinski definition) is 1. The van der Waals surface area contributed by atoms with Gasteiger partial charge in [0.05, 0.1) is 0 Å². The second-order valence-electron chi connectivity index (χ2n) is 3.62. The van der Waals surface area contributed by atoms with Crippen LogP contribution in [-0.4, -0.2) is 35.5 Å². The van der Waals surface area contributed by atoms with E-state index in [0.29, 0.717) is 17.7 Å². The molecule has 0 atom stereocenters. The molecule has 4 heteroatoms. The summed E-state index contributed by atoms with van der Waals surface area (Å²) in [6.07, 6.45) is 2.51. The van der Waals surface area contributed by atoms with Gasteiger partial charge in [0.15, 0.2) is 0 Å². The minimum Gasteiger partial charge on any atom is -0.478 e. The average Bonchev–Trinajstić information content (AvgIpc) is 2.34. The zero-order chi connectivity index (χ0) is 12.8. The van der Waals surface area contributed by atoms with Crippen LogP contribution < -0.4 is 0 Å². The Bertz CT molecular complexity index is 452. The van der Waals surface area contributed by atoms with Crippen molar-refractivity contribution >= 4 is 18.0 Å². The highest BCUT2D eigenvalue weighted by Gasteiger charge is 2.09. The number of carbonyl (C=O) groups excluding carboxylic acids is 1. The van der Waals surface area contributed by atoms with Gasteiger partial charge in [-0.2, -0.15) is 0 Å². The topological polar surface area (TPSA) is 57.6 Å². The maximum absolute atomic E-state index is 11.9. The van der Waals surface area contributed by atoms with Crippen molar-refractivity contribution in [2.45, 2.75) is 6.92 Å². The molecule has 0 aliphatic heterocycles. The molecule has 1 aromatic carbocycles. The van der Waals surface area contributed by atoms with E-state index in [9.17, 15) is 9.59 Å². The monoisotopic (exact) mass is 233 g/mol. The fourth-order valence-electron chi connectivity index (χ4n) is 1.31. The lowest BCUT2D eigenvalue weighted by molar-refractivity contribution is -0.131. The smallest absolute Gasteiger partial charge is 0.328 e. The molecule has 1 N–H and O–H groups in total. The van der Waals surface area contributed by atoms with Crippen LogP contribution in [0.4, 0.5) is 0 Å². The molecule has 0 fully saturated rings. The van der Waals surface area contributed by atoms with Crippen molar-refractivity contribution in [1.29, 1.82) is 0 Å². The number of rotatable bonds is 4. The Morgan fingerprint density at radius 2 is 2.12 bits per heavy atom. The van der Waals surface area contributed by atoms with Crippen molar-refractivity contribution in [3.05, 3.63) is 41.5 Å². The quantitative estimate of drug-likeness (QED) is 0.808. The summed E-state index contributed by atoms with van der Waals surface area (Å²) in [6, 6.07) is 6.88. The molecule has 1 aromatic rings. The van der Waals surface area contributed by atoms with Gasteiger partial charge in [-0.1, -0.05) is 12.1 Å². The van der Waals surface area contributed by atoms with E-state index in [1.54, 1.807) is 36.2 Å². The zero-order valence-electron chi connectivity index (χ0n) is 9.88. The number of carbonyl (C=O) groups is 2. The average molecular weight is 233 g/mol. The van der Waals surface area contributed by atoms with Gasteiger partial charge in [0.25, 0.3) is 5.91 Å². The summed E-state index contributed by atoms with van der Waals surface area (Å²) in [5, 5.41) is 8.52. The third-order valence-corrected chi connectivity index (χ3v) is 2.37. The van der Waals surface area contributed by atoms with Gasteiger partial charge < -0.3 is 10.0 Å². The summed E-state index contributed by atoms with van der Waals surface area (Å²) in [6.45, 7) is 2.53. The van der Waals surface area contributed by atoms with Crippen LogP contribution >= 0.6 is 0 Å². The Labute approximate surface area is 100 Å². The van der Waals surface area contributed by atoms with Crippen molar-refractivity contribution < 1.29 is 14.7 Å². The Hall–Kier alpha value is -2.10. The van der Waals surface area contributed by atoms with Gasteiger partial charge in [-0.25, -0.2) is 4.79 Å². The first kappa shape index (κ1) is 13.0. The van der Waals surface area contributed by atoms with E-state index >= 15 is 0 Å². The molecule has 0 aliphatic rings. The highest BCUT2D eigenvalue weighted by Crippen LogP contribution is 2.09. The molecule has 0 radical (unpaired) electrons. The summed E-state index contributed by atoms with van der Waals surface area (Å²) in [5.74, 6) is -1.08. The van der Waals surface area contributed by atoms with E-state index in [1.807, 2.05) is 6.92 Å². The molecule has 0 saturated heterocycles. The van der Waals surface area contributed by atoms with Gasteiger partial charge in [-0.3, -0.25) is 4.79 Å². The molecule has 1 amide bonds. The van der Waals surface area contributed by atoms with E-state index in [0.717, 1.165) is 6.08 Å². The zero-order valence-corrected chi connectivity index (χ0v) is 9.88. The predicted molar refractivity (Wildman–Crippen MR) is 65.7 cm³/mol. The second kappa shape index (κ2) is 5.84. The third-order valence-electron chi connectivity index (χ3n) is 2.37. The van der Waals surface area contributed by atoms with Crippen LogP contribution in [0.2, 0.25) is 0 Å². The maximum atomic E-state index is 11.9. The largest absolute Gasteiger partial charge is 0.478 e. The first-order valence-electron chi connectivity index (χ1n) is 5.31. The molecule has 1 rings (SSSR count). The molecule has 0 heterocycles. The van der Waals surface area contributed by atoms with Gasteiger partial charge >= 0.3 is 5.97 Å². The lowest BCUT2D eigenvalue weighted by atomic mass is 10.1. The van der Waals surface area contributed by atoms with Crippen LogP contribution in [0.25, 0.3) is 6.08 Å².